The van der Waals surface area contributed by atoms with E-state index in [1.807, 2.05) is 6.92 Å². The van der Waals surface area contributed by atoms with Crippen LogP contribution >= 0.6 is 24.0 Å². The van der Waals surface area contributed by atoms with Crippen LogP contribution < -0.4 is 10.6 Å². The van der Waals surface area contributed by atoms with Crippen LogP contribution in [0.15, 0.2) is 58.4 Å². The fourth-order valence-electron chi connectivity index (χ4n) is 2.59. The first kappa shape index (κ1) is 26.2. The number of hydrogen-bond donors (Lipinski definition) is 2. The summed E-state index contributed by atoms with van der Waals surface area (Å²) in [4.78, 5) is 4.60. The highest BCUT2D eigenvalue weighted by molar-refractivity contribution is 14.0. The predicted octanol–water partition coefficient (Wildman–Crippen LogP) is 4.02. The van der Waals surface area contributed by atoms with E-state index in [0.717, 1.165) is 24.0 Å². The average molecular weight is 555 g/mol. The third kappa shape index (κ3) is 8.50. The number of alkyl halides is 3. The van der Waals surface area contributed by atoms with Gasteiger partial charge >= 0.3 is 6.18 Å². The van der Waals surface area contributed by atoms with Gasteiger partial charge in [-0.05, 0) is 48.7 Å². The fourth-order valence-corrected chi connectivity index (χ4v) is 3.22. The summed E-state index contributed by atoms with van der Waals surface area (Å²) in [5.41, 5.74) is 0.729. The molecule has 0 spiro atoms. The number of sulfone groups is 1. The van der Waals surface area contributed by atoms with Crippen LogP contribution in [0, 0.1) is 0 Å². The summed E-state index contributed by atoms with van der Waals surface area (Å²) >= 11 is 0. The molecule has 2 N–H and O–H groups in total. The summed E-state index contributed by atoms with van der Waals surface area (Å²) in [6.07, 6.45) is -2.58. The largest absolute Gasteiger partial charge is 0.416 e. The monoisotopic (exact) mass is 555 g/mol. The van der Waals surface area contributed by atoms with E-state index in [-0.39, 0.29) is 35.4 Å². The molecule has 2 aromatic carbocycles. The minimum absolute atomic E-state index is 0. The molecule has 0 saturated heterocycles. The zero-order valence-electron chi connectivity index (χ0n) is 16.7. The van der Waals surface area contributed by atoms with Crippen molar-refractivity contribution in [3.8, 4) is 0 Å². The van der Waals surface area contributed by atoms with E-state index >= 15 is 0 Å². The molecular formula is C20H25F3IN3O2S. The summed E-state index contributed by atoms with van der Waals surface area (Å²) in [5.74, 6) is 0.498. The van der Waals surface area contributed by atoms with Crippen LogP contribution in [-0.4, -0.2) is 33.7 Å². The summed E-state index contributed by atoms with van der Waals surface area (Å²) < 4.78 is 61.4. The summed E-state index contributed by atoms with van der Waals surface area (Å²) in [6, 6.07) is 11.7. The molecular weight excluding hydrogens is 530 g/mol. The maximum absolute atomic E-state index is 12.8. The van der Waals surface area contributed by atoms with Gasteiger partial charge in [0.05, 0.1) is 17.0 Å². The molecule has 5 nitrogen and oxygen atoms in total. The SMILES string of the molecule is CCNC(=NCc1cccc(C(F)(F)F)c1)NCCc1ccc(S(C)(=O)=O)cc1.I. The van der Waals surface area contributed by atoms with Crippen LogP contribution in [0.2, 0.25) is 0 Å². The van der Waals surface area contributed by atoms with Gasteiger partial charge in [0.15, 0.2) is 15.8 Å². The zero-order chi connectivity index (χ0) is 21.5. The normalized spacial score (nSPS) is 12.2. The van der Waals surface area contributed by atoms with Crippen LogP contribution in [0.4, 0.5) is 13.2 Å². The quantitative estimate of drug-likeness (QED) is 0.308. The molecule has 10 heteroatoms. The second-order valence-corrected chi connectivity index (χ2v) is 8.50. The van der Waals surface area contributed by atoms with E-state index in [1.165, 1.54) is 6.07 Å². The highest BCUT2D eigenvalue weighted by atomic mass is 127. The summed E-state index contributed by atoms with van der Waals surface area (Å²) in [6.45, 7) is 3.15. The van der Waals surface area contributed by atoms with Crippen molar-refractivity contribution in [3.63, 3.8) is 0 Å². The molecule has 0 aliphatic rings. The Balaban J connectivity index is 0.00000450. The van der Waals surface area contributed by atoms with E-state index in [9.17, 15) is 21.6 Å². The third-order valence-electron chi connectivity index (χ3n) is 4.08. The van der Waals surface area contributed by atoms with Crippen molar-refractivity contribution < 1.29 is 21.6 Å². The van der Waals surface area contributed by atoms with Crippen LogP contribution in [0.1, 0.15) is 23.6 Å². The molecule has 0 radical (unpaired) electrons. The molecule has 2 aromatic rings. The Morgan fingerprint density at radius 1 is 1.03 bits per heavy atom. The van der Waals surface area contributed by atoms with E-state index in [0.29, 0.717) is 31.0 Å². The van der Waals surface area contributed by atoms with Gasteiger partial charge in [-0.15, -0.1) is 24.0 Å². The first-order chi connectivity index (χ1) is 13.6. The Bertz CT molecular complexity index is 947. The minimum atomic E-state index is -4.38. The molecule has 0 atom stereocenters. The Hall–Kier alpha value is -1.82. The van der Waals surface area contributed by atoms with E-state index in [1.54, 1.807) is 30.3 Å². The minimum Gasteiger partial charge on any atom is -0.357 e. The molecule has 30 heavy (non-hydrogen) atoms. The van der Waals surface area contributed by atoms with Crippen molar-refractivity contribution in [2.75, 3.05) is 19.3 Å². The lowest BCUT2D eigenvalue weighted by atomic mass is 10.1. The Kier molecular flexibility index (Phi) is 10.1. The van der Waals surface area contributed by atoms with Gasteiger partial charge in [-0.25, -0.2) is 13.4 Å². The summed E-state index contributed by atoms with van der Waals surface area (Å²) in [7, 11) is -3.22. The first-order valence-corrected chi connectivity index (χ1v) is 11.0. The lowest BCUT2D eigenvalue weighted by Crippen LogP contribution is -2.38. The Labute approximate surface area is 192 Å². The van der Waals surface area contributed by atoms with Crippen LogP contribution in [0.25, 0.3) is 0 Å². The Morgan fingerprint density at radius 2 is 1.70 bits per heavy atom. The number of nitrogens with zero attached hydrogens (tertiary/aromatic N) is 1. The van der Waals surface area contributed by atoms with Crippen molar-refractivity contribution in [3.05, 3.63) is 65.2 Å². The lowest BCUT2D eigenvalue weighted by Gasteiger charge is -2.12. The molecule has 0 aliphatic heterocycles. The maximum atomic E-state index is 12.8. The van der Waals surface area contributed by atoms with Crippen molar-refractivity contribution in [1.29, 1.82) is 0 Å². The number of guanidine groups is 1. The van der Waals surface area contributed by atoms with Crippen molar-refractivity contribution in [2.45, 2.75) is 31.0 Å². The second-order valence-electron chi connectivity index (χ2n) is 6.49. The maximum Gasteiger partial charge on any atom is 0.416 e. The smallest absolute Gasteiger partial charge is 0.357 e. The number of benzene rings is 2. The van der Waals surface area contributed by atoms with Crippen molar-refractivity contribution in [1.82, 2.24) is 10.6 Å². The zero-order valence-corrected chi connectivity index (χ0v) is 19.8. The highest BCUT2D eigenvalue weighted by Gasteiger charge is 2.30. The number of aliphatic imine (C=N–C) groups is 1. The van der Waals surface area contributed by atoms with Gasteiger partial charge in [-0.1, -0.05) is 24.3 Å². The van der Waals surface area contributed by atoms with Crippen LogP contribution in [0.5, 0.6) is 0 Å². The van der Waals surface area contributed by atoms with E-state index < -0.39 is 21.6 Å². The molecule has 0 heterocycles. The Morgan fingerprint density at radius 3 is 2.27 bits per heavy atom. The van der Waals surface area contributed by atoms with Crippen molar-refractivity contribution in [2.24, 2.45) is 4.99 Å². The van der Waals surface area contributed by atoms with Gasteiger partial charge in [0.2, 0.25) is 0 Å². The molecule has 0 saturated carbocycles. The molecule has 0 bridgehead atoms. The fraction of sp³-hybridized carbons (Fsp3) is 0.350. The molecule has 166 valence electrons. The topological polar surface area (TPSA) is 70.6 Å². The number of hydrogen-bond acceptors (Lipinski definition) is 3. The molecule has 0 fully saturated rings. The van der Waals surface area contributed by atoms with Gasteiger partial charge < -0.3 is 10.6 Å². The number of halogens is 4. The van der Waals surface area contributed by atoms with Gasteiger partial charge in [-0.2, -0.15) is 13.2 Å². The number of nitrogens with one attached hydrogen (secondary N) is 2. The molecule has 0 unspecified atom stereocenters. The van der Waals surface area contributed by atoms with Crippen LogP contribution in [0.3, 0.4) is 0 Å². The number of rotatable bonds is 7. The van der Waals surface area contributed by atoms with E-state index in [2.05, 4.69) is 15.6 Å². The summed E-state index contributed by atoms with van der Waals surface area (Å²) in [5, 5.41) is 6.18. The first-order valence-electron chi connectivity index (χ1n) is 9.07. The third-order valence-corrected chi connectivity index (χ3v) is 5.20. The molecule has 2 rings (SSSR count). The van der Waals surface area contributed by atoms with Gasteiger partial charge in [0.25, 0.3) is 0 Å². The molecule has 0 amide bonds. The highest BCUT2D eigenvalue weighted by Crippen LogP contribution is 2.29. The molecule has 0 aromatic heterocycles. The predicted molar refractivity (Wildman–Crippen MR) is 123 cm³/mol. The second kappa shape index (κ2) is 11.5. The van der Waals surface area contributed by atoms with E-state index in [4.69, 9.17) is 0 Å². The lowest BCUT2D eigenvalue weighted by molar-refractivity contribution is -0.137. The van der Waals surface area contributed by atoms with Gasteiger partial charge in [-0.3, -0.25) is 0 Å². The standard InChI is InChI=1S/C20H24F3N3O2S.HI/c1-3-24-19(26-14-16-5-4-6-17(13-16)20(21,22)23)25-12-11-15-7-9-18(10-8-15)29(2,27)28;/h4-10,13H,3,11-12,14H2,1-2H3,(H2,24,25,26);1H. The van der Waals surface area contributed by atoms with Crippen LogP contribution in [-0.2, 0) is 29.0 Å². The molecule has 0 aliphatic carbocycles. The van der Waals surface area contributed by atoms with Gasteiger partial charge in [0.1, 0.15) is 0 Å². The van der Waals surface area contributed by atoms with Gasteiger partial charge in [0, 0.05) is 19.3 Å². The average Bonchev–Trinajstić information content (AvgIpc) is 2.65. The van der Waals surface area contributed by atoms with Crippen molar-refractivity contribution >= 4 is 39.8 Å².